The lowest BCUT2D eigenvalue weighted by Crippen LogP contribution is -2.19. The fraction of sp³-hybridized carbons (Fsp3) is 0.100. The van der Waals surface area contributed by atoms with Gasteiger partial charge in [-0.25, -0.2) is 10.1 Å². The van der Waals surface area contributed by atoms with E-state index >= 15 is 0 Å². The Bertz CT molecular complexity index is 1410. The highest BCUT2D eigenvalue weighted by atomic mass is 16.6. The van der Waals surface area contributed by atoms with Gasteiger partial charge in [-0.05, 0) is 34.6 Å². The van der Waals surface area contributed by atoms with Crippen molar-refractivity contribution < 1.29 is 23.8 Å². The van der Waals surface area contributed by atoms with Gasteiger partial charge < -0.3 is 15.2 Å². The van der Waals surface area contributed by atoms with E-state index < -0.39 is 10.8 Å². The molecule has 0 radical (unpaired) electrons. The van der Waals surface area contributed by atoms with Crippen LogP contribution < -0.4 is 20.6 Å². The molecule has 2 aromatic carbocycles. The summed E-state index contributed by atoms with van der Waals surface area (Å²) in [6.07, 6.45) is 1.38. The molecule has 0 aliphatic rings. The summed E-state index contributed by atoms with van der Waals surface area (Å²) in [5.74, 6) is 0.234. The third-order valence-corrected chi connectivity index (χ3v) is 4.74. The van der Waals surface area contributed by atoms with E-state index in [1.54, 1.807) is 18.2 Å². The molecule has 178 valence electrons. The maximum Gasteiger partial charge on any atom is 0.294 e. The summed E-state index contributed by atoms with van der Waals surface area (Å²) in [6.45, 7) is 0. The van der Waals surface area contributed by atoms with Crippen LogP contribution in [0.15, 0.2) is 52.2 Å². The molecule has 0 bridgehead atoms. The normalized spacial score (nSPS) is 10.9. The zero-order chi connectivity index (χ0) is 24.9. The number of amides is 1. The van der Waals surface area contributed by atoms with Crippen LogP contribution in [0.4, 0.5) is 11.5 Å². The number of nitrogens with one attached hydrogen (secondary N) is 1. The second-order valence-electron chi connectivity index (χ2n) is 6.78. The standard InChI is InChI=1S/C20H17N9O6/c1-33-14-8-5-12(15(9-14)34-2)10-22-24-20(30)16-17(11-3-6-13(7-4-11)29(31)32)28(27-23-16)19-18(21)25-35-26-19/h3-10H,1-2H3,(H2,21,25)(H,24,30)/b22-10-. The smallest absolute Gasteiger partial charge is 0.294 e. The lowest BCUT2D eigenvalue weighted by molar-refractivity contribution is -0.384. The summed E-state index contributed by atoms with van der Waals surface area (Å²) in [5.41, 5.74) is 8.93. The number of carbonyl (C=O) groups is 1. The molecule has 0 atom stereocenters. The second kappa shape index (κ2) is 9.65. The highest BCUT2D eigenvalue weighted by Gasteiger charge is 2.25. The Balaban J connectivity index is 1.67. The largest absolute Gasteiger partial charge is 0.497 e. The SMILES string of the molecule is COc1ccc(/C=N\NC(=O)c2nnn(-c3nonc3N)c2-c2ccc([N+](=O)[O-])cc2)c(OC)c1. The average Bonchev–Trinajstić information content (AvgIpc) is 3.50. The van der Waals surface area contributed by atoms with Crippen molar-refractivity contribution in [2.75, 3.05) is 20.0 Å². The number of hydrogen-bond donors (Lipinski definition) is 2. The van der Waals surface area contributed by atoms with E-state index in [-0.39, 0.29) is 28.7 Å². The Morgan fingerprint density at radius 3 is 2.60 bits per heavy atom. The first-order chi connectivity index (χ1) is 16.9. The first-order valence-electron chi connectivity index (χ1n) is 9.77. The quantitative estimate of drug-likeness (QED) is 0.211. The van der Waals surface area contributed by atoms with Crippen LogP contribution in [0, 0.1) is 10.1 Å². The molecule has 0 saturated carbocycles. The summed E-state index contributed by atoms with van der Waals surface area (Å²) in [5, 5.41) is 30.0. The van der Waals surface area contributed by atoms with E-state index in [9.17, 15) is 14.9 Å². The fourth-order valence-corrected chi connectivity index (χ4v) is 3.06. The van der Waals surface area contributed by atoms with Gasteiger partial charge in [-0.1, -0.05) is 5.21 Å². The van der Waals surface area contributed by atoms with Gasteiger partial charge in [-0.2, -0.15) is 9.78 Å². The highest BCUT2D eigenvalue weighted by molar-refractivity contribution is 5.99. The summed E-state index contributed by atoms with van der Waals surface area (Å²) in [4.78, 5) is 23.4. The van der Waals surface area contributed by atoms with Crippen LogP contribution in [0.3, 0.4) is 0 Å². The molecule has 0 fully saturated rings. The lowest BCUT2D eigenvalue weighted by atomic mass is 10.1. The van der Waals surface area contributed by atoms with E-state index in [0.29, 0.717) is 22.6 Å². The number of carbonyl (C=O) groups excluding carboxylic acids is 1. The summed E-state index contributed by atoms with van der Waals surface area (Å²) in [6, 6.07) is 10.5. The number of nitro benzene ring substituents is 1. The molecule has 2 aromatic heterocycles. The van der Waals surface area contributed by atoms with E-state index in [1.165, 1.54) is 44.7 Å². The Morgan fingerprint density at radius 2 is 1.97 bits per heavy atom. The molecule has 0 aliphatic carbocycles. The van der Waals surface area contributed by atoms with Gasteiger partial charge in [0.25, 0.3) is 11.6 Å². The molecule has 15 heteroatoms. The monoisotopic (exact) mass is 479 g/mol. The van der Waals surface area contributed by atoms with Crippen molar-refractivity contribution in [2.45, 2.75) is 0 Å². The van der Waals surface area contributed by atoms with Gasteiger partial charge in [0.15, 0.2) is 5.69 Å². The number of nitrogens with two attached hydrogens (primary N) is 1. The first kappa shape index (κ1) is 22.8. The number of rotatable bonds is 8. The van der Waals surface area contributed by atoms with Crippen molar-refractivity contribution in [1.29, 1.82) is 0 Å². The second-order valence-corrected chi connectivity index (χ2v) is 6.78. The van der Waals surface area contributed by atoms with E-state index in [4.69, 9.17) is 15.2 Å². The number of aromatic nitrogens is 5. The van der Waals surface area contributed by atoms with Crippen LogP contribution in [0.1, 0.15) is 16.1 Å². The van der Waals surface area contributed by atoms with E-state index in [1.807, 2.05) is 0 Å². The molecule has 0 spiro atoms. The molecular formula is C20H17N9O6. The van der Waals surface area contributed by atoms with Crippen molar-refractivity contribution in [1.82, 2.24) is 30.7 Å². The van der Waals surface area contributed by atoms with E-state index in [0.717, 1.165) is 4.68 Å². The number of hydrogen-bond acceptors (Lipinski definition) is 12. The van der Waals surface area contributed by atoms with Gasteiger partial charge in [-0.3, -0.25) is 14.9 Å². The van der Waals surface area contributed by atoms with Crippen molar-refractivity contribution in [3.05, 3.63) is 63.8 Å². The number of ether oxygens (including phenoxy) is 2. The van der Waals surface area contributed by atoms with Crippen LogP contribution in [-0.2, 0) is 0 Å². The molecule has 2 heterocycles. The van der Waals surface area contributed by atoms with Gasteiger partial charge in [0.1, 0.15) is 17.2 Å². The van der Waals surface area contributed by atoms with Crippen LogP contribution >= 0.6 is 0 Å². The molecule has 4 rings (SSSR count). The Kier molecular flexibility index (Phi) is 6.30. The Hall–Kier alpha value is -5.34. The number of non-ortho nitro benzene ring substituents is 1. The van der Waals surface area contributed by atoms with Crippen LogP contribution in [-0.4, -0.2) is 56.6 Å². The molecule has 0 unspecified atom stereocenters. The number of hydrazone groups is 1. The first-order valence-corrected chi connectivity index (χ1v) is 9.77. The number of anilines is 1. The zero-order valence-electron chi connectivity index (χ0n) is 18.3. The van der Waals surface area contributed by atoms with Crippen LogP contribution in [0.2, 0.25) is 0 Å². The van der Waals surface area contributed by atoms with Gasteiger partial charge in [0.2, 0.25) is 11.6 Å². The number of nitrogens with zero attached hydrogens (tertiary/aromatic N) is 7. The number of nitro groups is 1. The Morgan fingerprint density at radius 1 is 1.20 bits per heavy atom. The molecule has 1 amide bonds. The Labute approximate surface area is 196 Å². The van der Waals surface area contributed by atoms with Crippen molar-refractivity contribution in [3.63, 3.8) is 0 Å². The van der Waals surface area contributed by atoms with Crippen molar-refractivity contribution in [2.24, 2.45) is 5.10 Å². The zero-order valence-corrected chi connectivity index (χ0v) is 18.3. The molecular weight excluding hydrogens is 462 g/mol. The predicted molar refractivity (Wildman–Crippen MR) is 120 cm³/mol. The van der Waals surface area contributed by atoms with Gasteiger partial charge in [-0.15, -0.1) is 5.10 Å². The van der Waals surface area contributed by atoms with Gasteiger partial charge in [0, 0.05) is 29.3 Å². The third kappa shape index (κ3) is 4.58. The average molecular weight is 479 g/mol. The third-order valence-electron chi connectivity index (χ3n) is 4.74. The molecule has 0 aliphatic heterocycles. The number of methoxy groups -OCH3 is 2. The van der Waals surface area contributed by atoms with Crippen LogP contribution in [0.5, 0.6) is 11.5 Å². The highest BCUT2D eigenvalue weighted by Crippen LogP contribution is 2.28. The minimum atomic E-state index is -0.719. The molecule has 3 N–H and O–H groups in total. The summed E-state index contributed by atoms with van der Waals surface area (Å²) in [7, 11) is 3.02. The minimum Gasteiger partial charge on any atom is -0.497 e. The van der Waals surface area contributed by atoms with Gasteiger partial charge in [0.05, 0.1) is 25.4 Å². The van der Waals surface area contributed by atoms with E-state index in [2.05, 4.69) is 35.8 Å². The van der Waals surface area contributed by atoms with Crippen LogP contribution in [0.25, 0.3) is 17.1 Å². The number of nitrogen functional groups attached to an aromatic ring is 1. The minimum absolute atomic E-state index is 0.0172. The van der Waals surface area contributed by atoms with Crippen molar-refractivity contribution >= 4 is 23.6 Å². The van der Waals surface area contributed by atoms with Gasteiger partial charge >= 0.3 is 0 Å². The molecule has 4 aromatic rings. The molecule has 0 saturated heterocycles. The maximum absolute atomic E-state index is 12.9. The predicted octanol–water partition coefficient (Wildman–Crippen LogP) is 1.59. The summed E-state index contributed by atoms with van der Waals surface area (Å²) >= 11 is 0. The lowest BCUT2D eigenvalue weighted by Gasteiger charge is -2.07. The molecule has 15 nitrogen and oxygen atoms in total. The molecule has 35 heavy (non-hydrogen) atoms. The summed E-state index contributed by atoms with van der Waals surface area (Å²) < 4.78 is 16.2. The fourth-order valence-electron chi connectivity index (χ4n) is 3.06. The maximum atomic E-state index is 12.9. The number of benzene rings is 2. The van der Waals surface area contributed by atoms with Crippen molar-refractivity contribution in [3.8, 4) is 28.6 Å². The topological polar surface area (TPSA) is 199 Å².